The highest BCUT2D eigenvalue weighted by atomic mass is 16.6. The molecule has 6 heteroatoms. The number of rotatable bonds is 3. The number of nitrogens with zero attached hydrogens (tertiary/aromatic N) is 4. The summed E-state index contributed by atoms with van der Waals surface area (Å²) in [7, 11) is 2.12. The third kappa shape index (κ3) is 3.24. The Kier molecular flexibility index (Phi) is 4.71. The van der Waals surface area contributed by atoms with Gasteiger partial charge in [-0.05, 0) is 64.5 Å². The molecular formula is C20H32N4O2. The lowest BCUT2D eigenvalue weighted by Gasteiger charge is -2.51. The molecule has 0 bridgehead atoms. The van der Waals surface area contributed by atoms with Crippen LogP contribution in [0.1, 0.15) is 56.5 Å². The van der Waals surface area contributed by atoms with Crippen molar-refractivity contribution < 1.29 is 9.53 Å². The molecule has 26 heavy (non-hydrogen) atoms. The SMILES string of the molecule is CCOC(=O)N1CCC2(CC(N3CCC(c4nc(C)cn4C)CC3)C2)C1. The van der Waals surface area contributed by atoms with Gasteiger partial charge in [0.1, 0.15) is 5.82 Å². The van der Waals surface area contributed by atoms with Crippen molar-refractivity contribution in [1.82, 2.24) is 19.4 Å². The fraction of sp³-hybridized carbons (Fsp3) is 0.800. The lowest BCUT2D eigenvalue weighted by molar-refractivity contribution is -0.00518. The molecule has 0 N–H and O–H groups in total. The number of aryl methyl sites for hydroxylation is 2. The second kappa shape index (κ2) is 6.87. The van der Waals surface area contributed by atoms with Crippen molar-refractivity contribution in [2.75, 3.05) is 32.8 Å². The summed E-state index contributed by atoms with van der Waals surface area (Å²) in [6.07, 6.45) is 8.06. The Morgan fingerprint density at radius 3 is 2.65 bits per heavy atom. The van der Waals surface area contributed by atoms with E-state index in [1.165, 1.54) is 44.6 Å². The Labute approximate surface area is 156 Å². The highest BCUT2D eigenvalue weighted by molar-refractivity contribution is 5.68. The highest BCUT2D eigenvalue weighted by Gasteiger charge is 2.51. The van der Waals surface area contributed by atoms with E-state index in [2.05, 4.69) is 29.6 Å². The third-order valence-corrected chi connectivity index (χ3v) is 6.75. The van der Waals surface area contributed by atoms with E-state index >= 15 is 0 Å². The Balaban J connectivity index is 1.26. The number of hydrogen-bond donors (Lipinski definition) is 0. The van der Waals surface area contributed by atoms with Crippen LogP contribution in [0.25, 0.3) is 0 Å². The lowest BCUT2D eigenvalue weighted by atomic mass is 9.64. The Hall–Kier alpha value is -1.56. The molecule has 2 saturated heterocycles. The number of likely N-dealkylation sites (tertiary alicyclic amines) is 2. The topological polar surface area (TPSA) is 50.6 Å². The van der Waals surface area contributed by atoms with E-state index in [1.807, 2.05) is 11.8 Å². The molecule has 3 aliphatic rings. The minimum absolute atomic E-state index is 0.126. The van der Waals surface area contributed by atoms with Crippen molar-refractivity contribution in [3.8, 4) is 0 Å². The number of piperidine rings is 1. The Morgan fingerprint density at radius 1 is 1.31 bits per heavy atom. The van der Waals surface area contributed by atoms with E-state index in [9.17, 15) is 4.79 Å². The molecule has 0 radical (unpaired) electrons. The fourth-order valence-electron chi connectivity index (χ4n) is 5.37. The maximum Gasteiger partial charge on any atom is 0.409 e. The van der Waals surface area contributed by atoms with Crippen molar-refractivity contribution >= 4 is 6.09 Å². The number of carbonyl (C=O) groups excluding carboxylic acids is 1. The molecule has 3 fully saturated rings. The first-order valence-corrected chi connectivity index (χ1v) is 10.2. The van der Waals surface area contributed by atoms with Gasteiger partial charge in [0.25, 0.3) is 0 Å². The molecule has 144 valence electrons. The molecule has 6 nitrogen and oxygen atoms in total. The monoisotopic (exact) mass is 360 g/mol. The second-order valence-corrected chi connectivity index (χ2v) is 8.59. The molecule has 0 atom stereocenters. The fourth-order valence-corrected chi connectivity index (χ4v) is 5.37. The zero-order valence-corrected chi connectivity index (χ0v) is 16.4. The lowest BCUT2D eigenvalue weighted by Crippen LogP contribution is -2.54. The summed E-state index contributed by atoms with van der Waals surface area (Å²) >= 11 is 0. The molecule has 4 rings (SSSR count). The molecule has 2 aliphatic heterocycles. The largest absolute Gasteiger partial charge is 0.450 e. The van der Waals surface area contributed by atoms with Gasteiger partial charge in [0.15, 0.2) is 0 Å². The van der Waals surface area contributed by atoms with Gasteiger partial charge in [-0.25, -0.2) is 9.78 Å². The van der Waals surface area contributed by atoms with Crippen LogP contribution in [-0.2, 0) is 11.8 Å². The first kappa shape index (κ1) is 17.8. The number of carbonyl (C=O) groups is 1. The summed E-state index contributed by atoms with van der Waals surface area (Å²) in [5.41, 5.74) is 1.49. The van der Waals surface area contributed by atoms with Gasteiger partial charge in [-0.15, -0.1) is 0 Å². The van der Waals surface area contributed by atoms with Gasteiger partial charge >= 0.3 is 6.09 Å². The number of amides is 1. The molecule has 1 aromatic heterocycles. The maximum atomic E-state index is 11.9. The van der Waals surface area contributed by atoms with Crippen molar-refractivity contribution in [3.63, 3.8) is 0 Å². The Morgan fingerprint density at radius 2 is 2.04 bits per heavy atom. The minimum atomic E-state index is -0.126. The summed E-state index contributed by atoms with van der Waals surface area (Å²) in [6.45, 7) is 8.54. The van der Waals surface area contributed by atoms with Crippen LogP contribution < -0.4 is 0 Å². The van der Waals surface area contributed by atoms with Crippen LogP contribution in [-0.4, -0.2) is 64.3 Å². The first-order chi connectivity index (χ1) is 12.5. The van der Waals surface area contributed by atoms with Gasteiger partial charge in [0.05, 0.1) is 12.3 Å². The van der Waals surface area contributed by atoms with E-state index < -0.39 is 0 Å². The van der Waals surface area contributed by atoms with Gasteiger partial charge in [-0.3, -0.25) is 0 Å². The van der Waals surface area contributed by atoms with Crippen LogP contribution in [0.5, 0.6) is 0 Å². The van der Waals surface area contributed by atoms with Crippen LogP contribution >= 0.6 is 0 Å². The van der Waals surface area contributed by atoms with Crippen molar-refractivity contribution in [1.29, 1.82) is 0 Å². The van der Waals surface area contributed by atoms with Crippen molar-refractivity contribution in [2.24, 2.45) is 12.5 Å². The number of imidazole rings is 1. The molecule has 1 aromatic rings. The summed E-state index contributed by atoms with van der Waals surface area (Å²) in [5.74, 6) is 1.86. The molecule has 0 aromatic carbocycles. The maximum absolute atomic E-state index is 11.9. The van der Waals surface area contributed by atoms with E-state index in [0.29, 0.717) is 24.0 Å². The van der Waals surface area contributed by atoms with Crippen LogP contribution in [0.15, 0.2) is 6.20 Å². The summed E-state index contributed by atoms with van der Waals surface area (Å²) < 4.78 is 7.37. The molecule has 1 spiro atoms. The van der Waals surface area contributed by atoms with Crippen LogP contribution in [0, 0.1) is 12.3 Å². The third-order valence-electron chi connectivity index (χ3n) is 6.75. The average molecular weight is 361 g/mol. The van der Waals surface area contributed by atoms with Crippen LogP contribution in [0.3, 0.4) is 0 Å². The van der Waals surface area contributed by atoms with E-state index in [4.69, 9.17) is 9.72 Å². The zero-order valence-electron chi connectivity index (χ0n) is 16.4. The van der Waals surface area contributed by atoms with E-state index in [-0.39, 0.29) is 6.09 Å². The average Bonchev–Trinajstić information content (AvgIpc) is 3.18. The molecule has 1 saturated carbocycles. The van der Waals surface area contributed by atoms with Gasteiger partial charge < -0.3 is 19.1 Å². The number of ether oxygens (including phenoxy) is 1. The van der Waals surface area contributed by atoms with Crippen molar-refractivity contribution in [2.45, 2.75) is 57.9 Å². The molecular weight excluding hydrogens is 328 g/mol. The summed E-state index contributed by atoms with van der Waals surface area (Å²) in [5, 5.41) is 0. The smallest absolute Gasteiger partial charge is 0.409 e. The molecule has 1 amide bonds. The van der Waals surface area contributed by atoms with Gasteiger partial charge in [0.2, 0.25) is 0 Å². The van der Waals surface area contributed by atoms with Crippen LogP contribution in [0.4, 0.5) is 4.79 Å². The molecule has 0 unspecified atom stereocenters. The molecule has 1 aliphatic carbocycles. The zero-order chi connectivity index (χ0) is 18.3. The van der Waals surface area contributed by atoms with Gasteiger partial charge in [-0.2, -0.15) is 0 Å². The quantitative estimate of drug-likeness (QED) is 0.832. The summed E-state index contributed by atoms with van der Waals surface area (Å²) in [4.78, 5) is 21.3. The van der Waals surface area contributed by atoms with Gasteiger partial charge in [-0.1, -0.05) is 0 Å². The predicted molar refractivity (Wildman–Crippen MR) is 100 cm³/mol. The Bertz CT molecular complexity index is 657. The van der Waals surface area contributed by atoms with Gasteiger partial charge in [0, 0.05) is 38.3 Å². The van der Waals surface area contributed by atoms with Crippen molar-refractivity contribution in [3.05, 3.63) is 17.7 Å². The predicted octanol–water partition coefficient (Wildman–Crippen LogP) is 2.92. The normalized spacial score (nSPS) is 30.0. The number of aromatic nitrogens is 2. The molecule has 3 heterocycles. The number of hydrogen-bond acceptors (Lipinski definition) is 4. The van der Waals surface area contributed by atoms with Crippen LogP contribution in [0.2, 0.25) is 0 Å². The van der Waals surface area contributed by atoms with E-state index in [0.717, 1.165) is 25.2 Å². The first-order valence-electron chi connectivity index (χ1n) is 10.2. The standard InChI is InChI=1S/C20H32N4O2/c1-4-26-19(25)24-10-7-20(14-24)11-17(12-20)23-8-5-16(6-9-23)18-21-15(2)13-22(18)3/h13,16-17H,4-12,14H2,1-3H3. The van der Waals surface area contributed by atoms with E-state index in [1.54, 1.807) is 0 Å². The summed E-state index contributed by atoms with van der Waals surface area (Å²) in [6, 6.07) is 0.709. The minimum Gasteiger partial charge on any atom is -0.450 e. The highest BCUT2D eigenvalue weighted by Crippen LogP contribution is 2.51. The second-order valence-electron chi connectivity index (χ2n) is 8.59.